The Hall–Kier alpha value is -1.95. The zero-order valence-corrected chi connectivity index (χ0v) is 13.5. The molecule has 0 aliphatic carbocycles. The number of thiazole rings is 1. The molecular weight excluding hydrogens is 310 g/mol. The van der Waals surface area contributed by atoms with Gasteiger partial charge in [0, 0.05) is 11.8 Å². The monoisotopic (exact) mass is 325 g/mol. The van der Waals surface area contributed by atoms with Crippen LogP contribution in [0.1, 0.15) is 5.69 Å². The molecule has 5 heteroatoms. The van der Waals surface area contributed by atoms with Crippen LogP contribution in [-0.4, -0.2) is 15.9 Å². The number of nitrogens with two attached hydrogens (primary N) is 1. The Morgan fingerprint density at radius 1 is 1.05 bits per heavy atom. The normalized spacial score (nSPS) is 11.3. The van der Waals surface area contributed by atoms with Crippen LogP contribution in [0.3, 0.4) is 0 Å². The molecule has 4 aromatic rings. The minimum absolute atomic E-state index is 0.621. The topological polar surface area (TPSA) is 43.3 Å². The van der Waals surface area contributed by atoms with Crippen LogP contribution in [0.2, 0.25) is 0 Å². The number of hydrogen-bond acceptors (Lipinski definition) is 4. The van der Waals surface area contributed by atoms with Crippen molar-refractivity contribution in [2.75, 3.05) is 6.54 Å². The molecule has 0 bridgehead atoms. The average Bonchev–Trinajstić information content (AvgIpc) is 3.25. The maximum Gasteiger partial charge on any atom is 0.194 e. The zero-order valence-electron chi connectivity index (χ0n) is 11.9. The molecule has 0 saturated heterocycles. The van der Waals surface area contributed by atoms with Crippen LogP contribution >= 0.6 is 22.7 Å². The van der Waals surface area contributed by atoms with Crippen molar-refractivity contribution in [3.8, 4) is 21.8 Å². The second-order valence-corrected chi connectivity index (χ2v) is 6.81. The van der Waals surface area contributed by atoms with Crippen molar-refractivity contribution < 1.29 is 0 Å². The number of imidazole rings is 1. The highest BCUT2D eigenvalue weighted by atomic mass is 32.1. The van der Waals surface area contributed by atoms with Gasteiger partial charge in [0.25, 0.3) is 0 Å². The summed E-state index contributed by atoms with van der Waals surface area (Å²) in [6.07, 6.45) is 0.824. The first-order chi connectivity index (χ1) is 10.9. The molecule has 0 amide bonds. The first-order valence-corrected chi connectivity index (χ1v) is 8.92. The maximum atomic E-state index is 5.86. The van der Waals surface area contributed by atoms with Crippen LogP contribution in [0, 0.1) is 0 Å². The minimum Gasteiger partial charge on any atom is -0.330 e. The SMILES string of the molecule is NCCc1c(-c2cccs2)nc2scc(-c3ccccc3)n12. The number of nitrogens with zero attached hydrogens (tertiary/aromatic N) is 2. The average molecular weight is 325 g/mol. The van der Waals surface area contributed by atoms with Gasteiger partial charge in [-0.15, -0.1) is 22.7 Å². The van der Waals surface area contributed by atoms with E-state index in [4.69, 9.17) is 10.7 Å². The van der Waals surface area contributed by atoms with Crippen molar-refractivity contribution in [3.05, 3.63) is 58.9 Å². The van der Waals surface area contributed by atoms with E-state index in [1.807, 2.05) is 6.07 Å². The molecule has 3 heterocycles. The standard InChI is InChI=1S/C17H15N3S2/c18-9-8-13-16(15-7-4-10-21-15)19-17-20(13)14(11-22-17)12-5-2-1-3-6-12/h1-7,10-11H,8-9,18H2. The van der Waals surface area contributed by atoms with Crippen molar-refractivity contribution in [1.29, 1.82) is 0 Å². The van der Waals surface area contributed by atoms with E-state index in [0.29, 0.717) is 6.54 Å². The predicted octanol–water partition coefficient (Wildman–Crippen LogP) is 4.29. The van der Waals surface area contributed by atoms with Crippen molar-refractivity contribution in [2.24, 2.45) is 5.73 Å². The summed E-state index contributed by atoms with van der Waals surface area (Å²) in [7, 11) is 0. The molecule has 2 N–H and O–H groups in total. The van der Waals surface area contributed by atoms with Crippen LogP contribution in [0.15, 0.2) is 53.2 Å². The van der Waals surface area contributed by atoms with Crippen LogP contribution < -0.4 is 5.73 Å². The zero-order chi connectivity index (χ0) is 14.9. The molecule has 0 atom stereocenters. The van der Waals surface area contributed by atoms with Gasteiger partial charge in [-0.1, -0.05) is 36.4 Å². The largest absolute Gasteiger partial charge is 0.330 e. The van der Waals surface area contributed by atoms with Crippen molar-refractivity contribution in [3.63, 3.8) is 0 Å². The molecule has 3 aromatic heterocycles. The highest BCUT2D eigenvalue weighted by Gasteiger charge is 2.18. The Morgan fingerprint density at radius 3 is 2.64 bits per heavy atom. The molecule has 110 valence electrons. The third-order valence-electron chi connectivity index (χ3n) is 3.66. The Kier molecular flexibility index (Phi) is 3.54. The molecule has 0 radical (unpaired) electrons. The molecule has 22 heavy (non-hydrogen) atoms. The number of rotatable bonds is 4. The number of hydrogen-bond donors (Lipinski definition) is 1. The quantitative estimate of drug-likeness (QED) is 0.608. The van der Waals surface area contributed by atoms with Gasteiger partial charge < -0.3 is 5.73 Å². The van der Waals surface area contributed by atoms with E-state index in [0.717, 1.165) is 17.1 Å². The van der Waals surface area contributed by atoms with Gasteiger partial charge >= 0.3 is 0 Å². The maximum absolute atomic E-state index is 5.86. The Balaban J connectivity index is 1.97. The lowest BCUT2D eigenvalue weighted by atomic mass is 10.1. The van der Waals surface area contributed by atoms with Gasteiger partial charge in [0.05, 0.1) is 16.3 Å². The first kappa shape index (κ1) is 13.7. The van der Waals surface area contributed by atoms with E-state index in [-0.39, 0.29) is 0 Å². The lowest BCUT2D eigenvalue weighted by molar-refractivity contribution is 0.914. The third kappa shape index (κ3) is 2.18. The molecule has 0 aliphatic rings. The van der Waals surface area contributed by atoms with E-state index in [9.17, 15) is 0 Å². The fourth-order valence-corrected chi connectivity index (χ4v) is 4.36. The van der Waals surface area contributed by atoms with Crippen molar-refractivity contribution in [1.82, 2.24) is 9.38 Å². The number of thiophene rings is 1. The summed E-state index contributed by atoms with van der Waals surface area (Å²) in [5.74, 6) is 0. The van der Waals surface area contributed by atoms with Gasteiger partial charge in [-0.3, -0.25) is 4.40 Å². The molecule has 0 unspecified atom stereocenters. The van der Waals surface area contributed by atoms with E-state index >= 15 is 0 Å². The van der Waals surface area contributed by atoms with Gasteiger partial charge in [0.2, 0.25) is 0 Å². The number of fused-ring (bicyclic) bond motifs is 1. The highest BCUT2D eigenvalue weighted by molar-refractivity contribution is 7.15. The fraction of sp³-hybridized carbons (Fsp3) is 0.118. The van der Waals surface area contributed by atoms with E-state index in [1.165, 1.54) is 21.8 Å². The summed E-state index contributed by atoms with van der Waals surface area (Å²) in [4.78, 5) is 7.10. The second kappa shape index (κ2) is 5.68. The summed E-state index contributed by atoms with van der Waals surface area (Å²) < 4.78 is 2.27. The van der Waals surface area contributed by atoms with Crippen LogP contribution in [-0.2, 0) is 6.42 Å². The van der Waals surface area contributed by atoms with E-state index in [1.54, 1.807) is 22.7 Å². The Labute approximate surface area is 136 Å². The molecule has 0 saturated carbocycles. The smallest absolute Gasteiger partial charge is 0.194 e. The lowest BCUT2D eigenvalue weighted by Crippen LogP contribution is -2.06. The number of benzene rings is 1. The molecule has 3 nitrogen and oxygen atoms in total. The second-order valence-electron chi connectivity index (χ2n) is 5.03. The molecule has 0 aliphatic heterocycles. The molecule has 1 aromatic carbocycles. The van der Waals surface area contributed by atoms with Gasteiger partial charge in [-0.05, 0) is 23.6 Å². The van der Waals surface area contributed by atoms with Crippen LogP contribution in [0.5, 0.6) is 0 Å². The minimum atomic E-state index is 0.621. The van der Waals surface area contributed by atoms with Gasteiger partial charge in [-0.25, -0.2) is 4.98 Å². The molecular formula is C17H15N3S2. The lowest BCUT2D eigenvalue weighted by Gasteiger charge is -2.05. The van der Waals surface area contributed by atoms with Gasteiger partial charge in [0.1, 0.15) is 5.69 Å². The summed E-state index contributed by atoms with van der Waals surface area (Å²) >= 11 is 3.41. The van der Waals surface area contributed by atoms with Gasteiger partial charge in [-0.2, -0.15) is 0 Å². The number of aromatic nitrogens is 2. The van der Waals surface area contributed by atoms with E-state index in [2.05, 4.69) is 51.6 Å². The summed E-state index contributed by atoms with van der Waals surface area (Å²) in [6, 6.07) is 14.6. The summed E-state index contributed by atoms with van der Waals surface area (Å²) in [6.45, 7) is 0.621. The first-order valence-electron chi connectivity index (χ1n) is 7.16. The van der Waals surface area contributed by atoms with Crippen molar-refractivity contribution >= 4 is 27.6 Å². The third-order valence-corrected chi connectivity index (χ3v) is 5.37. The van der Waals surface area contributed by atoms with Crippen molar-refractivity contribution in [2.45, 2.75) is 6.42 Å². The fourth-order valence-electron chi connectivity index (χ4n) is 2.70. The van der Waals surface area contributed by atoms with Crippen LogP contribution in [0.25, 0.3) is 26.8 Å². The highest BCUT2D eigenvalue weighted by Crippen LogP contribution is 2.34. The molecule has 0 spiro atoms. The Bertz CT molecular complexity index is 889. The van der Waals surface area contributed by atoms with Gasteiger partial charge in [0.15, 0.2) is 4.96 Å². The summed E-state index contributed by atoms with van der Waals surface area (Å²) in [5.41, 5.74) is 10.5. The van der Waals surface area contributed by atoms with Crippen LogP contribution in [0.4, 0.5) is 0 Å². The summed E-state index contributed by atoms with van der Waals surface area (Å²) in [5, 5.41) is 4.27. The molecule has 4 rings (SSSR count). The molecule has 0 fully saturated rings. The Morgan fingerprint density at radius 2 is 1.91 bits per heavy atom. The predicted molar refractivity (Wildman–Crippen MR) is 94.6 cm³/mol. The van der Waals surface area contributed by atoms with E-state index < -0.39 is 0 Å².